The molecular weight excluding hydrogens is 414 g/mol. The molecule has 6 rings (SSSR count). The number of aromatic nitrogens is 3. The highest BCUT2D eigenvalue weighted by Gasteiger charge is 2.23. The lowest BCUT2D eigenvalue weighted by Crippen LogP contribution is -2.04. The van der Waals surface area contributed by atoms with Gasteiger partial charge in [0.05, 0.1) is 22.1 Å². The minimum Gasteiger partial charge on any atom is -0.327 e. The van der Waals surface area contributed by atoms with Crippen LogP contribution in [-0.2, 0) is 7.05 Å². The summed E-state index contributed by atoms with van der Waals surface area (Å²) in [5.74, 6) is 1.86. The molecule has 2 aromatic heterocycles. The summed E-state index contributed by atoms with van der Waals surface area (Å²) in [7, 11) is 2.16. The summed E-state index contributed by atoms with van der Waals surface area (Å²) < 4.78 is 2.30. The molecular formula is C31H29N3. The zero-order valence-corrected chi connectivity index (χ0v) is 20.4. The standard InChI is InChI=1S/C31H29N3/c1-18(2)21-14-10-15-22(19(3)4)27(21)31-33-29-24-13-8-7-12-23(24)28-25(30(29)34(31)5)17-20-11-6-9-16-26(20)32-28/h6-19H,1-5H3. The lowest BCUT2D eigenvalue weighted by atomic mass is 9.88. The largest absolute Gasteiger partial charge is 0.327 e. The van der Waals surface area contributed by atoms with E-state index in [4.69, 9.17) is 9.97 Å². The Bertz CT molecular complexity index is 1690. The quantitative estimate of drug-likeness (QED) is 0.203. The maximum Gasteiger partial charge on any atom is 0.141 e. The van der Waals surface area contributed by atoms with Crippen molar-refractivity contribution in [3.63, 3.8) is 0 Å². The molecule has 4 aromatic carbocycles. The molecule has 0 saturated heterocycles. The van der Waals surface area contributed by atoms with E-state index in [-0.39, 0.29) is 0 Å². The predicted octanol–water partition coefficient (Wildman–Crippen LogP) is 8.34. The molecule has 0 bridgehead atoms. The Morgan fingerprint density at radius 2 is 1.26 bits per heavy atom. The molecule has 2 heterocycles. The van der Waals surface area contributed by atoms with Gasteiger partial charge in [-0.15, -0.1) is 0 Å². The van der Waals surface area contributed by atoms with Crippen LogP contribution in [0.3, 0.4) is 0 Å². The van der Waals surface area contributed by atoms with Crippen LogP contribution in [0.4, 0.5) is 0 Å². The molecule has 34 heavy (non-hydrogen) atoms. The molecule has 0 amide bonds. The van der Waals surface area contributed by atoms with Gasteiger partial charge in [-0.2, -0.15) is 0 Å². The van der Waals surface area contributed by atoms with Gasteiger partial charge in [0.15, 0.2) is 0 Å². The number of para-hydroxylation sites is 1. The van der Waals surface area contributed by atoms with Crippen molar-refractivity contribution in [1.82, 2.24) is 14.5 Å². The predicted molar refractivity (Wildman–Crippen MR) is 145 cm³/mol. The van der Waals surface area contributed by atoms with Crippen LogP contribution in [-0.4, -0.2) is 14.5 Å². The van der Waals surface area contributed by atoms with E-state index >= 15 is 0 Å². The summed E-state index contributed by atoms with van der Waals surface area (Å²) >= 11 is 0. The normalized spacial score (nSPS) is 12.2. The summed E-state index contributed by atoms with van der Waals surface area (Å²) in [4.78, 5) is 10.5. The molecule has 0 radical (unpaired) electrons. The number of imidazole rings is 1. The summed E-state index contributed by atoms with van der Waals surface area (Å²) in [6.07, 6.45) is 0. The van der Waals surface area contributed by atoms with Gasteiger partial charge < -0.3 is 4.57 Å². The third kappa shape index (κ3) is 2.96. The number of hydrogen-bond donors (Lipinski definition) is 0. The number of aryl methyl sites for hydroxylation is 1. The first-order valence-corrected chi connectivity index (χ1v) is 12.2. The van der Waals surface area contributed by atoms with E-state index in [1.807, 2.05) is 0 Å². The van der Waals surface area contributed by atoms with Crippen molar-refractivity contribution in [2.45, 2.75) is 39.5 Å². The number of pyridine rings is 1. The third-order valence-electron chi connectivity index (χ3n) is 7.11. The average molecular weight is 444 g/mol. The molecule has 0 aliphatic heterocycles. The molecule has 168 valence electrons. The van der Waals surface area contributed by atoms with Crippen molar-refractivity contribution in [2.24, 2.45) is 7.05 Å². The van der Waals surface area contributed by atoms with Crippen LogP contribution in [0.5, 0.6) is 0 Å². The zero-order chi connectivity index (χ0) is 23.6. The van der Waals surface area contributed by atoms with E-state index in [2.05, 4.69) is 112 Å². The first kappa shape index (κ1) is 20.9. The molecule has 0 aliphatic rings. The summed E-state index contributed by atoms with van der Waals surface area (Å²) in [6, 6.07) is 25.9. The number of hydrogen-bond acceptors (Lipinski definition) is 2. The van der Waals surface area contributed by atoms with Gasteiger partial charge in [0.2, 0.25) is 0 Å². The number of benzene rings is 4. The highest BCUT2D eigenvalue weighted by molar-refractivity contribution is 6.24. The lowest BCUT2D eigenvalue weighted by molar-refractivity contribution is 0.828. The SMILES string of the molecule is CC(C)c1cccc(C(C)C)c1-c1nc2c3ccccc3c3nc4ccccc4cc3c2n1C. The third-order valence-corrected chi connectivity index (χ3v) is 7.11. The molecule has 3 nitrogen and oxygen atoms in total. The topological polar surface area (TPSA) is 30.7 Å². The van der Waals surface area contributed by atoms with E-state index in [9.17, 15) is 0 Å². The van der Waals surface area contributed by atoms with Gasteiger partial charge in [0, 0.05) is 34.2 Å². The van der Waals surface area contributed by atoms with Crippen molar-refractivity contribution in [1.29, 1.82) is 0 Å². The lowest BCUT2D eigenvalue weighted by Gasteiger charge is -2.19. The van der Waals surface area contributed by atoms with Crippen molar-refractivity contribution in [3.8, 4) is 11.4 Å². The first-order valence-electron chi connectivity index (χ1n) is 12.2. The van der Waals surface area contributed by atoms with Crippen LogP contribution >= 0.6 is 0 Å². The molecule has 0 spiro atoms. The van der Waals surface area contributed by atoms with Gasteiger partial charge >= 0.3 is 0 Å². The van der Waals surface area contributed by atoms with Gasteiger partial charge in [-0.1, -0.05) is 88.4 Å². The summed E-state index contributed by atoms with van der Waals surface area (Å²) in [5.41, 5.74) is 8.23. The first-order chi connectivity index (χ1) is 16.5. The van der Waals surface area contributed by atoms with Gasteiger partial charge in [0.1, 0.15) is 5.82 Å². The number of rotatable bonds is 3. The number of fused-ring (bicyclic) bond motifs is 7. The Kier molecular flexibility index (Phi) is 4.70. The molecule has 0 fully saturated rings. The summed E-state index contributed by atoms with van der Waals surface area (Å²) in [6.45, 7) is 9.08. The Morgan fingerprint density at radius 3 is 1.94 bits per heavy atom. The van der Waals surface area contributed by atoms with Crippen LogP contribution in [0, 0.1) is 0 Å². The maximum absolute atomic E-state index is 5.36. The fraction of sp³-hybridized carbons (Fsp3) is 0.226. The van der Waals surface area contributed by atoms with Gasteiger partial charge in [0.25, 0.3) is 0 Å². The zero-order valence-electron chi connectivity index (χ0n) is 20.4. The van der Waals surface area contributed by atoms with E-state index in [0.29, 0.717) is 11.8 Å². The minimum atomic E-state index is 0.410. The highest BCUT2D eigenvalue weighted by Crippen LogP contribution is 2.41. The molecule has 0 unspecified atom stereocenters. The molecule has 3 heteroatoms. The van der Waals surface area contributed by atoms with E-state index in [1.54, 1.807) is 0 Å². The Morgan fingerprint density at radius 1 is 0.647 bits per heavy atom. The van der Waals surface area contributed by atoms with Crippen LogP contribution in [0.2, 0.25) is 0 Å². The average Bonchev–Trinajstić information content (AvgIpc) is 3.19. The Labute approximate surface area is 200 Å². The smallest absolute Gasteiger partial charge is 0.141 e. The molecule has 0 N–H and O–H groups in total. The Hall–Kier alpha value is -3.72. The van der Waals surface area contributed by atoms with Crippen LogP contribution in [0.1, 0.15) is 50.7 Å². The fourth-order valence-corrected chi connectivity index (χ4v) is 5.43. The van der Waals surface area contributed by atoms with Crippen LogP contribution in [0.25, 0.3) is 55.0 Å². The Balaban J connectivity index is 1.83. The highest BCUT2D eigenvalue weighted by atomic mass is 15.1. The van der Waals surface area contributed by atoms with Crippen molar-refractivity contribution in [2.75, 3.05) is 0 Å². The molecule has 6 aromatic rings. The van der Waals surface area contributed by atoms with Crippen LogP contribution in [0.15, 0.2) is 72.8 Å². The van der Waals surface area contributed by atoms with E-state index in [1.165, 1.54) is 16.7 Å². The van der Waals surface area contributed by atoms with Gasteiger partial charge in [-0.3, -0.25) is 0 Å². The van der Waals surface area contributed by atoms with Crippen LogP contribution < -0.4 is 0 Å². The summed E-state index contributed by atoms with van der Waals surface area (Å²) in [5, 5.41) is 4.62. The van der Waals surface area contributed by atoms with Gasteiger partial charge in [-0.25, -0.2) is 9.97 Å². The second-order valence-electron chi connectivity index (χ2n) is 9.94. The second-order valence-corrected chi connectivity index (χ2v) is 9.94. The number of nitrogens with zero attached hydrogens (tertiary/aromatic N) is 3. The molecule has 0 saturated carbocycles. The minimum absolute atomic E-state index is 0.410. The van der Waals surface area contributed by atoms with Crippen molar-refractivity contribution in [3.05, 3.63) is 83.9 Å². The monoisotopic (exact) mass is 443 g/mol. The van der Waals surface area contributed by atoms with Crippen molar-refractivity contribution >= 4 is 43.6 Å². The second kappa shape index (κ2) is 7.66. The fourth-order valence-electron chi connectivity index (χ4n) is 5.43. The maximum atomic E-state index is 5.36. The van der Waals surface area contributed by atoms with E-state index in [0.717, 1.165) is 49.4 Å². The van der Waals surface area contributed by atoms with Gasteiger partial charge in [-0.05, 0) is 35.1 Å². The molecule has 0 aliphatic carbocycles. The van der Waals surface area contributed by atoms with E-state index < -0.39 is 0 Å². The van der Waals surface area contributed by atoms with Crippen molar-refractivity contribution < 1.29 is 0 Å². The molecule has 0 atom stereocenters.